The number of benzene rings is 1. The molecule has 1 aromatic carbocycles. The summed E-state index contributed by atoms with van der Waals surface area (Å²) in [6, 6.07) is 11.0. The molecule has 20 heavy (non-hydrogen) atoms. The van der Waals surface area contributed by atoms with E-state index in [0.717, 1.165) is 15.0 Å². The zero-order valence-electron chi connectivity index (χ0n) is 13.3. The molecule has 0 atom stereocenters. The third kappa shape index (κ3) is 10.5. The average Bonchev–Trinajstić information content (AvgIpc) is 2.49. The van der Waals surface area contributed by atoms with Gasteiger partial charge in [-0.15, -0.1) is 0 Å². The Kier molecular flexibility index (Phi) is 12.2. The van der Waals surface area contributed by atoms with Gasteiger partial charge in [0.1, 0.15) is 0 Å². The molecule has 1 heteroatoms. The fourth-order valence-electron chi connectivity index (χ4n) is 2.46. The molecule has 0 saturated carbocycles. The molecule has 0 spiro atoms. The first-order valence-electron chi connectivity index (χ1n) is 8.55. The molecule has 0 unspecified atom stereocenters. The van der Waals surface area contributed by atoms with Crippen LogP contribution in [0.3, 0.4) is 0 Å². The van der Waals surface area contributed by atoms with Crippen molar-refractivity contribution in [2.24, 2.45) is 0 Å². The zero-order valence-corrected chi connectivity index (χ0v) is 15.0. The van der Waals surface area contributed by atoms with Gasteiger partial charge in [0.05, 0.1) is 0 Å². The van der Waals surface area contributed by atoms with Crippen LogP contribution in [0.1, 0.15) is 76.7 Å². The molecular weight excluding hydrogens is 307 g/mol. The van der Waals surface area contributed by atoms with Crippen LogP contribution in [0.5, 0.6) is 0 Å². The van der Waals surface area contributed by atoms with Crippen LogP contribution in [0.15, 0.2) is 30.3 Å². The average molecular weight is 339 g/mol. The zero-order chi connectivity index (χ0) is 14.3. The summed E-state index contributed by atoms with van der Waals surface area (Å²) >= 11 is 0.821. The standard InChI is InChI=1S/C19H32Se/c1-2-3-4-5-6-7-8-9-10-14-17-20-18-19-15-12-11-13-16-19/h11-13,15-16H,2-10,14,17-18H2,1H3. The second-order valence-electron chi connectivity index (χ2n) is 5.72. The minimum absolute atomic E-state index is 0.821. The van der Waals surface area contributed by atoms with E-state index in [4.69, 9.17) is 0 Å². The molecule has 0 aromatic heterocycles. The second kappa shape index (κ2) is 13.7. The quantitative estimate of drug-likeness (QED) is 0.295. The van der Waals surface area contributed by atoms with Crippen LogP contribution in [0.4, 0.5) is 0 Å². The summed E-state index contributed by atoms with van der Waals surface area (Å²) in [5.41, 5.74) is 1.53. The summed E-state index contributed by atoms with van der Waals surface area (Å²) in [7, 11) is 0. The van der Waals surface area contributed by atoms with Gasteiger partial charge in [0, 0.05) is 0 Å². The van der Waals surface area contributed by atoms with E-state index >= 15 is 0 Å². The molecule has 1 aromatic rings. The van der Waals surface area contributed by atoms with Gasteiger partial charge in [-0.05, 0) is 0 Å². The van der Waals surface area contributed by atoms with Gasteiger partial charge in [-0.1, -0.05) is 0 Å². The maximum atomic E-state index is 2.29. The van der Waals surface area contributed by atoms with E-state index in [1.807, 2.05) is 0 Å². The first-order valence-corrected chi connectivity index (χ1v) is 11.0. The fourth-order valence-corrected chi connectivity index (χ4v) is 4.51. The van der Waals surface area contributed by atoms with Gasteiger partial charge in [0.25, 0.3) is 0 Å². The molecule has 0 saturated heterocycles. The van der Waals surface area contributed by atoms with Gasteiger partial charge in [-0.2, -0.15) is 0 Å². The van der Waals surface area contributed by atoms with Crippen molar-refractivity contribution in [3.8, 4) is 0 Å². The Hall–Kier alpha value is -0.261. The van der Waals surface area contributed by atoms with Gasteiger partial charge in [-0.3, -0.25) is 0 Å². The topological polar surface area (TPSA) is 0 Å². The Bertz CT molecular complexity index is 294. The van der Waals surface area contributed by atoms with Gasteiger partial charge < -0.3 is 0 Å². The van der Waals surface area contributed by atoms with Crippen molar-refractivity contribution in [2.45, 2.75) is 81.8 Å². The van der Waals surface area contributed by atoms with E-state index in [1.54, 1.807) is 0 Å². The molecule has 1 rings (SSSR count). The Morgan fingerprint density at radius 2 is 1.25 bits per heavy atom. The SMILES string of the molecule is CCCCCCCCCCCC[Se]Cc1ccccc1. The Morgan fingerprint density at radius 3 is 1.85 bits per heavy atom. The number of rotatable bonds is 13. The molecule has 0 amide bonds. The molecule has 0 radical (unpaired) electrons. The first kappa shape index (κ1) is 17.8. The summed E-state index contributed by atoms with van der Waals surface area (Å²) in [6.45, 7) is 2.29. The fraction of sp³-hybridized carbons (Fsp3) is 0.684. The number of hydrogen-bond donors (Lipinski definition) is 0. The van der Waals surface area contributed by atoms with E-state index in [1.165, 1.54) is 80.4 Å². The Balaban J connectivity index is 1.77. The molecule has 0 aliphatic heterocycles. The summed E-state index contributed by atoms with van der Waals surface area (Å²) in [5.74, 6) is 0. The molecular formula is C19H32Se. The van der Waals surface area contributed by atoms with Crippen molar-refractivity contribution in [1.29, 1.82) is 0 Å². The van der Waals surface area contributed by atoms with Crippen molar-refractivity contribution >= 4 is 15.0 Å². The van der Waals surface area contributed by atoms with Crippen LogP contribution >= 0.6 is 0 Å². The van der Waals surface area contributed by atoms with Crippen molar-refractivity contribution in [3.05, 3.63) is 35.9 Å². The van der Waals surface area contributed by atoms with E-state index in [0.29, 0.717) is 0 Å². The molecule has 114 valence electrons. The van der Waals surface area contributed by atoms with Crippen molar-refractivity contribution in [3.63, 3.8) is 0 Å². The van der Waals surface area contributed by atoms with Gasteiger partial charge in [0.15, 0.2) is 0 Å². The summed E-state index contributed by atoms with van der Waals surface area (Å²) in [4.78, 5) is 0. The normalized spacial score (nSPS) is 10.8. The van der Waals surface area contributed by atoms with E-state index < -0.39 is 0 Å². The molecule has 0 N–H and O–H groups in total. The van der Waals surface area contributed by atoms with E-state index in [2.05, 4.69) is 37.3 Å². The monoisotopic (exact) mass is 340 g/mol. The first-order chi connectivity index (χ1) is 9.93. The molecule has 0 heterocycles. The van der Waals surface area contributed by atoms with Crippen LogP contribution < -0.4 is 0 Å². The van der Waals surface area contributed by atoms with E-state index in [-0.39, 0.29) is 0 Å². The van der Waals surface area contributed by atoms with Crippen LogP contribution in [0, 0.1) is 0 Å². The molecule has 0 fully saturated rings. The predicted octanol–water partition coefficient (Wildman–Crippen LogP) is 6.23. The van der Waals surface area contributed by atoms with Crippen molar-refractivity contribution < 1.29 is 0 Å². The Labute approximate surface area is 132 Å². The number of hydrogen-bond acceptors (Lipinski definition) is 0. The summed E-state index contributed by atoms with van der Waals surface area (Å²) < 4.78 is 0. The minimum atomic E-state index is 0.821. The molecule has 0 bridgehead atoms. The second-order valence-corrected chi connectivity index (χ2v) is 8.04. The molecule has 0 nitrogen and oxygen atoms in total. The molecule has 0 aliphatic rings. The van der Waals surface area contributed by atoms with Gasteiger partial charge in [-0.25, -0.2) is 0 Å². The summed E-state index contributed by atoms with van der Waals surface area (Å²) in [5, 5.41) is 2.80. The predicted molar refractivity (Wildman–Crippen MR) is 92.6 cm³/mol. The van der Waals surface area contributed by atoms with Crippen LogP contribution in [-0.4, -0.2) is 15.0 Å². The third-order valence-corrected chi connectivity index (χ3v) is 6.09. The van der Waals surface area contributed by atoms with Crippen molar-refractivity contribution in [1.82, 2.24) is 0 Å². The van der Waals surface area contributed by atoms with Gasteiger partial charge in [0.2, 0.25) is 0 Å². The maximum absolute atomic E-state index is 2.29. The van der Waals surface area contributed by atoms with Crippen LogP contribution in [0.25, 0.3) is 0 Å². The number of unbranched alkanes of at least 4 members (excludes halogenated alkanes) is 9. The van der Waals surface area contributed by atoms with E-state index in [9.17, 15) is 0 Å². The summed E-state index contributed by atoms with van der Waals surface area (Å²) in [6.07, 6.45) is 14.5. The van der Waals surface area contributed by atoms with Crippen LogP contribution in [-0.2, 0) is 5.32 Å². The van der Waals surface area contributed by atoms with Gasteiger partial charge >= 0.3 is 133 Å². The molecule has 0 aliphatic carbocycles. The van der Waals surface area contributed by atoms with Crippen LogP contribution in [0.2, 0.25) is 5.32 Å². The van der Waals surface area contributed by atoms with Crippen molar-refractivity contribution in [2.75, 3.05) is 0 Å². The Morgan fingerprint density at radius 1 is 0.700 bits per heavy atom. The third-order valence-electron chi connectivity index (χ3n) is 3.75.